The summed E-state index contributed by atoms with van der Waals surface area (Å²) in [5.41, 5.74) is 1.07. The molecule has 0 radical (unpaired) electrons. The minimum absolute atomic E-state index is 0.112. The van der Waals surface area contributed by atoms with Crippen LogP contribution in [0.4, 0.5) is 0 Å². The molecular formula is C15H18NO4P. The third-order valence-corrected chi connectivity index (χ3v) is 4.52. The van der Waals surface area contributed by atoms with Crippen molar-refractivity contribution < 1.29 is 18.7 Å². The Morgan fingerprint density at radius 3 is 2.57 bits per heavy atom. The first-order chi connectivity index (χ1) is 10.1. The minimum Gasteiger partial charge on any atom is -0.506 e. The zero-order valence-electron chi connectivity index (χ0n) is 12.0. The first-order valence-corrected chi connectivity index (χ1v) is 8.36. The predicted octanol–water partition coefficient (Wildman–Crippen LogP) is 4.18. The maximum atomic E-state index is 12.3. The third kappa shape index (κ3) is 3.91. The largest absolute Gasteiger partial charge is 0.506 e. The van der Waals surface area contributed by atoms with Crippen molar-refractivity contribution in [3.05, 3.63) is 41.8 Å². The highest BCUT2D eigenvalue weighted by atomic mass is 31.2. The maximum Gasteiger partial charge on any atom is 0.354 e. The van der Waals surface area contributed by atoms with Crippen molar-refractivity contribution >= 4 is 24.6 Å². The fourth-order valence-corrected chi connectivity index (χ4v) is 3.19. The summed E-state index contributed by atoms with van der Waals surface area (Å²) in [6.45, 7) is 4.11. The quantitative estimate of drug-likeness (QED) is 0.811. The Balaban J connectivity index is 2.32. The van der Waals surface area contributed by atoms with Crippen molar-refractivity contribution in [2.24, 2.45) is 0 Å². The molecular weight excluding hydrogens is 289 g/mol. The van der Waals surface area contributed by atoms with Gasteiger partial charge >= 0.3 is 7.60 Å². The number of phenols is 1. The van der Waals surface area contributed by atoms with Crippen LogP contribution >= 0.6 is 7.60 Å². The van der Waals surface area contributed by atoms with Crippen LogP contribution in [0.5, 0.6) is 5.75 Å². The second-order valence-corrected chi connectivity index (χ2v) is 6.17. The van der Waals surface area contributed by atoms with Gasteiger partial charge in [-0.05, 0) is 32.1 Å². The standard InChI is InChI=1S/C15H18NO4P/c1-3-19-21(18,20-4-2)11-10-13-9-8-12-6-5-7-14(17)15(12)16-13/h5-11,17H,3-4H2,1-2H3/b11-10+. The lowest BCUT2D eigenvalue weighted by molar-refractivity contribution is 0.229. The van der Waals surface area contributed by atoms with Crippen LogP contribution in [0.15, 0.2) is 36.1 Å². The van der Waals surface area contributed by atoms with Crippen molar-refractivity contribution in [1.29, 1.82) is 0 Å². The second kappa shape index (κ2) is 6.85. The van der Waals surface area contributed by atoms with Gasteiger partial charge in [0, 0.05) is 11.2 Å². The zero-order chi connectivity index (χ0) is 15.3. The number of nitrogens with zero attached hydrogens (tertiary/aromatic N) is 1. The fraction of sp³-hybridized carbons (Fsp3) is 0.267. The number of aromatic nitrogens is 1. The van der Waals surface area contributed by atoms with E-state index in [9.17, 15) is 9.67 Å². The van der Waals surface area contributed by atoms with Gasteiger partial charge in [-0.2, -0.15) is 0 Å². The molecule has 0 aliphatic rings. The number of rotatable bonds is 6. The molecule has 112 valence electrons. The molecule has 0 aliphatic carbocycles. The number of hydrogen-bond donors (Lipinski definition) is 1. The van der Waals surface area contributed by atoms with E-state index in [1.54, 1.807) is 38.1 Å². The van der Waals surface area contributed by atoms with E-state index < -0.39 is 7.60 Å². The van der Waals surface area contributed by atoms with Crippen molar-refractivity contribution in [3.8, 4) is 5.75 Å². The maximum absolute atomic E-state index is 12.3. The van der Waals surface area contributed by atoms with E-state index >= 15 is 0 Å². The Kier molecular flexibility index (Phi) is 5.12. The van der Waals surface area contributed by atoms with Crippen molar-refractivity contribution in [3.63, 3.8) is 0 Å². The van der Waals surface area contributed by atoms with Gasteiger partial charge in [0.1, 0.15) is 11.3 Å². The van der Waals surface area contributed by atoms with E-state index in [2.05, 4.69) is 4.98 Å². The third-order valence-electron chi connectivity index (χ3n) is 2.77. The van der Waals surface area contributed by atoms with Crippen molar-refractivity contribution in [1.82, 2.24) is 4.98 Å². The SMILES string of the molecule is CCOP(=O)(/C=C/c1ccc2cccc(O)c2n1)OCC. The summed E-state index contributed by atoms with van der Waals surface area (Å²) in [7, 11) is -3.24. The van der Waals surface area contributed by atoms with Crippen LogP contribution < -0.4 is 0 Å². The summed E-state index contributed by atoms with van der Waals surface area (Å²) in [6, 6.07) is 8.82. The number of fused-ring (bicyclic) bond motifs is 1. The van der Waals surface area contributed by atoms with Gasteiger partial charge in [0.15, 0.2) is 0 Å². The molecule has 2 rings (SSSR count). The second-order valence-electron chi connectivity index (χ2n) is 4.28. The first-order valence-electron chi connectivity index (χ1n) is 6.75. The van der Waals surface area contributed by atoms with Crippen LogP contribution in [0, 0.1) is 0 Å². The predicted molar refractivity (Wildman–Crippen MR) is 83.3 cm³/mol. The van der Waals surface area contributed by atoms with Gasteiger partial charge in [0.2, 0.25) is 0 Å². The highest BCUT2D eigenvalue weighted by Gasteiger charge is 2.18. The lowest BCUT2D eigenvalue weighted by atomic mass is 10.2. The van der Waals surface area contributed by atoms with E-state index in [0.29, 0.717) is 24.4 Å². The summed E-state index contributed by atoms with van der Waals surface area (Å²) in [4.78, 5) is 4.33. The Bertz CT molecular complexity index is 689. The summed E-state index contributed by atoms with van der Waals surface area (Å²) in [6.07, 6.45) is 1.58. The van der Waals surface area contributed by atoms with E-state index in [0.717, 1.165) is 5.39 Å². The van der Waals surface area contributed by atoms with Gasteiger partial charge in [-0.3, -0.25) is 4.57 Å². The Morgan fingerprint density at radius 1 is 1.19 bits per heavy atom. The average Bonchev–Trinajstić information content (AvgIpc) is 2.46. The van der Waals surface area contributed by atoms with Crippen molar-refractivity contribution in [2.75, 3.05) is 13.2 Å². The van der Waals surface area contributed by atoms with Crippen LogP contribution in [0.25, 0.3) is 17.0 Å². The molecule has 0 spiro atoms. The normalized spacial score (nSPS) is 12.3. The number of benzene rings is 1. The number of hydrogen-bond acceptors (Lipinski definition) is 5. The molecule has 21 heavy (non-hydrogen) atoms. The smallest absolute Gasteiger partial charge is 0.354 e. The van der Waals surface area contributed by atoms with E-state index in [1.165, 1.54) is 5.82 Å². The molecule has 0 fully saturated rings. The van der Waals surface area contributed by atoms with Gasteiger partial charge < -0.3 is 14.2 Å². The monoisotopic (exact) mass is 307 g/mol. The Hall–Kier alpha value is -1.68. The molecule has 1 aromatic carbocycles. The summed E-state index contributed by atoms with van der Waals surface area (Å²) in [5, 5.41) is 10.6. The molecule has 5 nitrogen and oxygen atoms in total. The Morgan fingerprint density at radius 2 is 1.90 bits per heavy atom. The molecule has 1 N–H and O–H groups in total. The topological polar surface area (TPSA) is 68.7 Å². The summed E-state index contributed by atoms with van der Waals surface area (Å²) >= 11 is 0. The molecule has 0 bridgehead atoms. The Labute approximate surface area is 123 Å². The molecule has 1 heterocycles. The summed E-state index contributed by atoms with van der Waals surface area (Å²) in [5.74, 6) is 1.51. The molecule has 0 atom stereocenters. The van der Waals surface area contributed by atoms with Crippen LogP contribution in [-0.4, -0.2) is 23.3 Å². The fourth-order valence-electron chi connectivity index (χ4n) is 1.89. The molecule has 0 amide bonds. The molecule has 1 aromatic heterocycles. The molecule has 6 heteroatoms. The van der Waals surface area contributed by atoms with E-state index in [-0.39, 0.29) is 5.75 Å². The van der Waals surface area contributed by atoms with E-state index in [1.807, 2.05) is 12.1 Å². The molecule has 2 aromatic rings. The lowest BCUT2D eigenvalue weighted by Gasteiger charge is -2.12. The number of pyridine rings is 1. The number of phenolic OH excluding ortho intramolecular Hbond substituents is 1. The lowest BCUT2D eigenvalue weighted by Crippen LogP contribution is -1.93. The highest BCUT2D eigenvalue weighted by Crippen LogP contribution is 2.50. The van der Waals surface area contributed by atoms with Crippen LogP contribution in [0.2, 0.25) is 0 Å². The molecule has 0 saturated carbocycles. The van der Waals surface area contributed by atoms with Gasteiger partial charge in [0.25, 0.3) is 0 Å². The van der Waals surface area contributed by atoms with Gasteiger partial charge in [-0.25, -0.2) is 4.98 Å². The molecule has 0 unspecified atom stereocenters. The van der Waals surface area contributed by atoms with E-state index in [4.69, 9.17) is 9.05 Å². The average molecular weight is 307 g/mol. The summed E-state index contributed by atoms with van der Waals surface area (Å²) < 4.78 is 22.7. The number of para-hydroxylation sites is 1. The van der Waals surface area contributed by atoms with Gasteiger partial charge in [-0.1, -0.05) is 18.2 Å². The van der Waals surface area contributed by atoms with Crippen LogP contribution in [0.3, 0.4) is 0 Å². The van der Waals surface area contributed by atoms with Gasteiger partial charge in [-0.15, -0.1) is 0 Å². The molecule has 0 aliphatic heterocycles. The zero-order valence-corrected chi connectivity index (χ0v) is 12.9. The highest BCUT2D eigenvalue weighted by molar-refractivity contribution is 7.57. The van der Waals surface area contributed by atoms with Gasteiger partial charge in [0.05, 0.1) is 18.9 Å². The minimum atomic E-state index is -3.24. The number of aromatic hydroxyl groups is 1. The molecule has 0 saturated heterocycles. The first kappa shape index (κ1) is 15.7. The van der Waals surface area contributed by atoms with Crippen LogP contribution in [0.1, 0.15) is 19.5 Å². The van der Waals surface area contributed by atoms with Crippen LogP contribution in [-0.2, 0) is 13.6 Å². The van der Waals surface area contributed by atoms with Crippen molar-refractivity contribution in [2.45, 2.75) is 13.8 Å².